The van der Waals surface area contributed by atoms with Gasteiger partial charge in [-0.2, -0.15) is 13.2 Å². The highest BCUT2D eigenvalue weighted by atomic mass is 32.1. The smallest absolute Gasteiger partial charge is 0.309 e. The van der Waals surface area contributed by atoms with Crippen molar-refractivity contribution in [2.24, 2.45) is 0 Å². The van der Waals surface area contributed by atoms with E-state index < -0.39 is 12.7 Å². The molecule has 0 aromatic carbocycles. The van der Waals surface area contributed by atoms with E-state index in [0.29, 0.717) is 12.6 Å². The number of thiophene rings is 1. The maximum absolute atomic E-state index is 12.3. The van der Waals surface area contributed by atoms with Crippen LogP contribution in [0, 0.1) is 6.92 Å². The van der Waals surface area contributed by atoms with Crippen molar-refractivity contribution in [1.82, 2.24) is 10.2 Å². The van der Waals surface area contributed by atoms with Crippen LogP contribution in [0.3, 0.4) is 0 Å². The number of rotatable bonds is 6. The van der Waals surface area contributed by atoms with Crippen molar-refractivity contribution >= 4 is 11.3 Å². The third kappa shape index (κ3) is 5.12. The molecule has 108 valence electrons. The number of alkyl halides is 3. The van der Waals surface area contributed by atoms with E-state index in [1.54, 1.807) is 11.3 Å². The van der Waals surface area contributed by atoms with Crippen molar-refractivity contribution in [2.75, 3.05) is 13.6 Å². The minimum atomic E-state index is -4.13. The lowest BCUT2D eigenvalue weighted by atomic mass is 10.2. The summed E-state index contributed by atoms with van der Waals surface area (Å²) in [5.74, 6) is 0. The number of nitrogens with one attached hydrogen (secondary N) is 1. The van der Waals surface area contributed by atoms with Gasteiger partial charge in [0.15, 0.2) is 0 Å². The third-order valence-corrected chi connectivity index (χ3v) is 4.20. The molecule has 1 aromatic heterocycles. The van der Waals surface area contributed by atoms with E-state index in [4.69, 9.17) is 0 Å². The van der Waals surface area contributed by atoms with Gasteiger partial charge in [-0.25, -0.2) is 0 Å². The molecule has 0 bridgehead atoms. The van der Waals surface area contributed by atoms with Crippen molar-refractivity contribution in [2.45, 2.75) is 45.1 Å². The van der Waals surface area contributed by atoms with Crippen LogP contribution >= 0.6 is 11.3 Å². The zero-order valence-corrected chi connectivity index (χ0v) is 12.0. The summed E-state index contributed by atoms with van der Waals surface area (Å²) >= 11 is 1.67. The van der Waals surface area contributed by atoms with Gasteiger partial charge in [-0.15, -0.1) is 11.3 Å². The molecule has 1 aliphatic carbocycles. The second-order valence-corrected chi connectivity index (χ2v) is 6.58. The Bertz CT molecular complexity index is 424. The van der Waals surface area contributed by atoms with Gasteiger partial charge in [0.1, 0.15) is 0 Å². The molecule has 0 spiro atoms. The number of nitrogens with zero attached hydrogens (tertiary/aromatic N) is 1. The second kappa shape index (κ2) is 5.81. The Labute approximate surface area is 115 Å². The van der Waals surface area contributed by atoms with Crippen LogP contribution in [0.1, 0.15) is 28.2 Å². The zero-order chi connectivity index (χ0) is 14.0. The molecule has 0 aliphatic heterocycles. The molecule has 1 N–H and O–H groups in total. The zero-order valence-electron chi connectivity index (χ0n) is 11.2. The minimum absolute atomic E-state index is 0.352. The SMILES string of the molecule is Cc1sc(CNC2CC2)cc1CN(C)CC(F)(F)F. The summed E-state index contributed by atoms with van der Waals surface area (Å²) in [5.41, 5.74) is 1.00. The standard InChI is InChI=1S/C13H19F3N2S/c1-9-10(7-18(2)8-13(14,15)16)5-12(19-9)6-17-11-3-4-11/h5,11,17H,3-4,6-8H2,1-2H3. The maximum Gasteiger partial charge on any atom is 0.401 e. The van der Waals surface area contributed by atoms with E-state index >= 15 is 0 Å². The van der Waals surface area contributed by atoms with Crippen LogP contribution in [0.4, 0.5) is 13.2 Å². The van der Waals surface area contributed by atoms with Gasteiger partial charge in [-0.1, -0.05) is 0 Å². The Hall–Kier alpha value is -0.590. The Morgan fingerprint density at radius 1 is 1.42 bits per heavy atom. The molecular weight excluding hydrogens is 273 g/mol. The van der Waals surface area contributed by atoms with Crippen LogP contribution in [0.2, 0.25) is 0 Å². The van der Waals surface area contributed by atoms with Crippen LogP contribution in [0.25, 0.3) is 0 Å². The summed E-state index contributed by atoms with van der Waals surface area (Å²) in [5, 5.41) is 3.42. The molecular formula is C13H19F3N2S. The molecule has 1 saturated carbocycles. The van der Waals surface area contributed by atoms with Crippen molar-refractivity contribution in [1.29, 1.82) is 0 Å². The molecule has 0 atom stereocenters. The molecule has 1 aliphatic rings. The van der Waals surface area contributed by atoms with Gasteiger partial charge in [-0.3, -0.25) is 4.90 Å². The monoisotopic (exact) mass is 292 g/mol. The minimum Gasteiger partial charge on any atom is -0.309 e. The highest BCUT2D eigenvalue weighted by molar-refractivity contribution is 7.12. The van der Waals surface area contributed by atoms with Crippen LogP contribution in [-0.2, 0) is 13.1 Å². The lowest BCUT2D eigenvalue weighted by Crippen LogP contribution is -2.30. The number of hydrogen-bond donors (Lipinski definition) is 1. The molecule has 6 heteroatoms. The van der Waals surface area contributed by atoms with E-state index in [1.807, 2.05) is 13.0 Å². The molecule has 2 nitrogen and oxygen atoms in total. The van der Waals surface area contributed by atoms with Gasteiger partial charge >= 0.3 is 6.18 Å². The topological polar surface area (TPSA) is 15.3 Å². The predicted octanol–water partition coefficient (Wildman–Crippen LogP) is 3.30. The van der Waals surface area contributed by atoms with E-state index in [0.717, 1.165) is 17.0 Å². The normalized spacial score (nSPS) is 16.3. The van der Waals surface area contributed by atoms with Crippen LogP contribution in [0.15, 0.2) is 6.07 Å². The first-order valence-corrected chi connectivity index (χ1v) is 7.22. The maximum atomic E-state index is 12.3. The van der Waals surface area contributed by atoms with E-state index in [2.05, 4.69) is 5.32 Å². The van der Waals surface area contributed by atoms with Crippen molar-refractivity contribution < 1.29 is 13.2 Å². The van der Waals surface area contributed by atoms with Gasteiger partial charge in [0, 0.05) is 28.9 Å². The van der Waals surface area contributed by atoms with Crippen molar-refractivity contribution in [3.05, 3.63) is 21.4 Å². The lowest BCUT2D eigenvalue weighted by Gasteiger charge is -2.18. The molecule has 1 fully saturated rings. The van der Waals surface area contributed by atoms with Crippen molar-refractivity contribution in [3.63, 3.8) is 0 Å². The fourth-order valence-electron chi connectivity index (χ4n) is 2.02. The first kappa shape index (κ1) is 14.8. The summed E-state index contributed by atoms with van der Waals surface area (Å²) in [6.45, 7) is 2.30. The highest BCUT2D eigenvalue weighted by Gasteiger charge is 2.29. The molecule has 0 amide bonds. The van der Waals surface area contributed by atoms with Gasteiger partial charge in [0.25, 0.3) is 0 Å². The Kier molecular flexibility index (Phi) is 4.53. The van der Waals surface area contributed by atoms with Crippen LogP contribution in [-0.4, -0.2) is 30.7 Å². The molecule has 0 saturated heterocycles. The Morgan fingerprint density at radius 2 is 2.11 bits per heavy atom. The fraction of sp³-hybridized carbons (Fsp3) is 0.692. The van der Waals surface area contributed by atoms with E-state index in [1.165, 1.54) is 29.7 Å². The lowest BCUT2D eigenvalue weighted by molar-refractivity contribution is -0.144. The van der Waals surface area contributed by atoms with Crippen LogP contribution < -0.4 is 5.32 Å². The van der Waals surface area contributed by atoms with E-state index in [9.17, 15) is 13.2 Å². The average molecular weight is 292 g/mol. The fourth-order valence-corrected chi connectivity index (χ4v) is 3.02. The molecule has 0 radical (unpaired) electrons. The first-order chi connectivity index (χ1) is 8.83. The third-order valence-electron chi connectivity index (χ3n) is 3.10. The quantitative estimate of drug-likeness (QED) is 0.865. The van der Waals surface area contributed by atoms with Crippen LogP contribution in [0.5, 0.6) is 0 Å². The number of hydrogen-bond acceptors (Lipinski definition) is 3. The molecule has 0 unspecified atom stereocenters. The number of halogens is 3. The average Bonchev–Trinajstić information content (AvgIpc) is 3.00. The Balaban J connectivity index is 1.88. The summed E-state index contributed by atoms with van der Waals surface area (Å²) in [6.07, 6.45) is -1.65. The number of aryl methyl sites for hydroxylation is 1. The molecule has 19 heavy (non-hydrogen) atoms. The summed E-state index contributed by atoms with van der Waals surface area (Å²) in [7, 11) is 1.51. The summed E-state index contributed by atoms with van der Waals surface area (Å²) in [6, 6.07) is 2.68. The van der Waals surface area contributed by atoms with Crippen molar-refractivity contribution in [3.8, 4) is 0 Å². The summed E-state index contributed by atoms with van der Waals surface area (Å²) in [4.78, 5) is 3.63. The largest absolute Gasteiger partial charge is 0.401 e. The van der Waals surface area contributed by atoms with E-state index in [-0.39, 0.29) is 0 Å². The highest BCUT2D eigenvalue weighted by Crippen LogP contribution is 2.26. The first-order valence-electron chi connectivity index (χ1n) is 6.40. The van der Waals surface area contributed by atoms with Gasteiger partial charge in [0.05, 0.1) is 6.54 Å². The predicted molar refractivity (Wildman–Crippen MR) is 71.3 cm³/mol. The van der Waals surface area contributed by atoms with Gasteiger partial charge < -0.3 is 5.32 Å². The summed E-state index contributed by atoms with van der Waals surface area (Å²) < 4.78 is 36.8. The molecule has 1 heterocycles. The molecule has 1 aromatic rings. The van der Waals surface area contributed by atoms with Gasteiger partial charge in [-0.05, 0) is 38.4 Å². The Morgan fingerprint density at radius 3 is 2.68 bits per heavy atom. The molecule has 2 rings (SSSR count). The van der Waals surface area contributed by atoms with Gasteiger partial charge in [0.2, 0.25) is 0 Å². The second-order valence-electron chi connectivity index (χ2n) is 5.24.